The van der Waals surface area contributed by atoms with Crippen molar-refractivity contribution in [2.75, 3.05) is 37.0 Å². The first kappa shape index (κ1) is 15.7. The van der Waals surface area contributed by atoms with Gasteiger partial charge in [0.15, 0.2) is 0 Å². The average molecular weight is 319 g/mol. The van der Waals surface area contributed by atoms with Crippen LogP contribution in [-0.4, -0.2) is 53.5 Å². The van der Waals surface area contributed by atoms with E-state index in [0.29, 0.717) is 6.04 Å². The van der Waals surface area contributed by atoms with Gasteiger partial charge in [0, 0.05) is 37.6 Å². The second-order valence-corrected chi connectivity index (χ2v) is 7.27. The van der Waals surface area contributed by atoms with E-state index < -0.39 is 0 Å². The average Bonchev–Trinajstić information content (AvgIpc) is 3.08. The molecule has 5 heteroatoms. The molecule has 0 aromatic heterocycles. The number of thioether (sulfide) groups is 1. The summed E-state index contributed by atoms with van der Waals surface area (Å²) in [6.45, 7) is 5.35. The third-order valence-electron chi connectivity index (χ3n) is 4.81. The Balaban J connectivity index is 1.71. The van der Waals surface area contributed by atoms with E-state index in [1.807, 2.05) is 29.8 Å². The van der Waals surface area contributed by atoms with Crippen molar-refractivity contribution >= 4 is 23.5 Å². The molecule has 0 radical (unpaired) electrons. The smallest absolute Gasteiger partial charge is 0.321 e. The second-order valence-electron chi connectivity index (χ2n) is 6.12. The predicted octanol–water partition coefficient (Wildman–Crippen LogP) is 3.03. The van der Waals surface area contributed by atoms with E-state index in [9.17, 15) is 4.79 Å². The van der Waals surface area contributed by atoms with E-state index in [-0.39, 0.29) is 6.03 Å². The van der Waals surface area contributed by atoms with E-state index in [1.54, 1.807) is 0 Å². The highest BCUT2D eigenvalue weighted by atomic mass is 32.2. The molecule has 0 bridgehead atoms. The minimum atomic E-state index is 0.0267. The molecule has 1 fully saturated rings. The van der Waals surface area contributed by atoms with Gasteiger partial charge in [-0.3, -0.25) is 4.90 Å². The molecule has 0 saturated carbocycles. The van der Waals surface area contributed by atoms with Gasteiger partial charge in [0.05, 0.1) is 0 Å². The fourth-order valence-corrected chi connectivity index (χ4v) is 4.52. The van der Waals surface area contributed by atoms with Crippen molar-refractivity contribution in [3.05, 3.63) is 29.3 Å². The molecule has 0 aliphatic carbocycles. The van der Waals surface area contributed by atoms with Crippen molar-refractivity contribution in [1.82, 2.24) is 9.80 Å². The molecule has 22 heavy (non-hydrogen) atoms. The summed E-state index contributed by atoms with van der Waals surface area (Å²) in [5, 5.41) is 3.14. The number of likely N-dealkylation sites (N-methyl/N-ethyl adjacent to an activating group) is 1. The Kier molecular flexibility index (Phi) is 4.93. The highest BCUT2D eigenvalue weighted by Gasteiger charge is 2.25. The van der Waals surface area contributed by atoms with Gasteiger partial charge < -0.3 is 10.2 Å². The quantitative estimate of drug-likeness (QED) is 0.930. The van der Waals surface area contributed by atoms with Crippen LogP contribution in [0.4, 0.5) is 10.5 Å². The zero-order chi connectivity index (χ0) is 15.5. The number of nitrogens with zero attached hydrogens (tertiary/aromatic N) is 2. The number of hydrogen-bond acceptors (Lipinski definition) is 3. The molecule has 4 nitrogen and oxygen atoms in total. The molecular weight excluding hydrogens is 294 g/mol. The Bertz CT molecular complexity index is 543. The minimum absolute atomic E-state index is 0.0267. The first-order valence-corrected chi connectivity index (χ1v) is 9.29. The highest BCUT2D eigenvalue weighted by Crippen LogP contribution is 2.27. The van der Waals surface area contributed by atoms with Crippen molar-refractivity contribution < 1.29 is 4.79 Å². The summed E-state index contributed by atoms with van der Waals surface area (Å²) in [4.78, 5) is 16.8. The number of carbonyl (C=O) groups excluding carboxylic acids is 1. The summed E-state index contributed by atoms with van der Waals surface area (Å²) in [6, 6.07) is 6.68. The van der Waals surface area contributed by atoms with Crippen LogP contribution < -0.4 is 5.32 Å². The number of hydrogen-bond donors (Lipinski definition) is 1. The number of amides is 2. The van der Waals surface area contributed by atoms with E-state index >= 15 is 0 Å². The normalized spacial score (nSPS) is 21.5. The van der Waals surface area contributed by atoms with E-state index in [0.717, 1.165) is 49.7 Å². The van der Waals surface area contributed by atoms with Crippen LogP contribution in [0.15, 0.2) is 18.2 Å². The maximum Gasteiger partial charge on any atom is 0.321 e. The number of carbonyl (C=O) groups is 1. The lowest BCUT2D eigenvalue weighted by atomic mass is 9.98. The summed E-state index contributed by atoms with van der Waals surface area (Å²) < 4.78 is 0. The number of fused-ring (bicyclic) bond motifs is 1. The number of urea groups is 1. The standard InChI is InChI=1S/C17H25N3OS/c1-3-20-9-7-15-13(11-20)5-4-6-16(15)18-17(21)19(2)14-8-10-22-12-14/h4-6,14H,3,7-12H2,1-2H3,(H,18,21)/t14-/m1/s1. The van der Waals surface area contributed by atoms with Gasteiger partial charge >= 0.3 is 6.03 Å². The van der Waals surface area contributed by atoms with Gasteiger partial charge in [-0.15, -0.1) is 0 Å². The van der Waals surface area contributed by atoms with Gasteiger partial charge in [-0.1, -0.05) is 19.1 Å². The third-order valence-corrected chi connectivity index (χ3v) is 5.95. The van der Waals surface area contributed by atoms with Crippen molar-refractivity contribution in [3.63, 3.8) is 0 Å². The van der Waals surface area contributed by atoms with Gasteiger partial charge in [-0.25, -0.2) is 4.79 Å². The zero-order valence-electron chi connectivity index (χ0n) is 13.5. The third kappa shape index (κ3) is 3.25. The Labute approximate surface area is 137 Å². The summed E-state index contributed by atoms with van der Waals surface area (Å²) in [7, 11) is 1.92. The summed E-state index contributed by atoms with van der Waals surface area (Å²) >= 11 is 1.93. The molecule has 1 atom stereocenters. The molecule has 1 aromatic rings. The molecule has 2 heterocycles. The molecule has 0 spiro atoms. The van der Waals surface area contributed by atoms with Crippen LogP contribution in [-0.2, 0) is 13.0 Å². The molecule has 120 valence electrons. The van der Waals surface area contributed by atoms with E-state index in [1.165, 1.54) is 11.1 Å². The molecule has 2 amide bonds. The number of anilines is 1. The van der Waals surface area contributed by atoms with Crippen molar-refractivity contribution in [1.29, 1.82) is 0 Å². The molecular formula is C17H25N3OS. The Morgan fingerprint density at radius 1 is 1.50 bits per heavy atom. The zero-order valence-corrected chi connectivity index (χ0v) is 14.3. The molecule has 0 unspecified atom stereocenters. The van der Waals surface area contributed by atoms with Gasteiger partial charge in [-0.2, -0.15) is 11.8 Å². The van der Waals surface area contributed by atoms with Crippen molar-refractivity contribution in [3.8, 4) is 0 Å². The lowest BCUT2D eigenvalue weighted by Crippen LogP contribution is -2.40. The van der Waals surface area contributed by atoms with E-state index in [4.69, 9.17) is 0 Å². The molecule has 1 saturated heterocycles. The van der Waals surface area contributed by atoms with Crippen molar-refractivity contribution in [2.24, 2.45) is 0 Å². The molecule has 2 aliphatic heterocycles. The van der Waals surface area contributed by atoms with Gasteiger partial charge in [0.25, 0.3) is 0 Å². The summed E-state index contributed by atoms with van der Waals surface area (Å²) in [6.07, 6.45) is 2.12. The molecule has 1 aromatic carbocycles. The fourth-order valence-electron chi connectivity index (χ4n) is 3.25. The van der Waals surface area contributed by atoms with Crippen LogP contribution in [0.2, 0.25) is 0 Å². The maximum absolute atomic E-state index is 12.5. The van der Waals surface area contributed by atoms with Gasteiger partial charge in [0.2, 0.25) is 0 Å². The van der Waals surface area contributed by atoms with Crippen LogP contribution in [0.5, 0.6) is 0 Å². The number of rotatable bonds is 3. The largest absolute Gasteiger partial charge is 0.324 e. The second kappa shape index (κ2) is 6.92. The first-order chi connectivity index (χ1) is 10.7. The lowest BCUT2D eigenvalue weighted by molar-refractivity contribution is 0.209. The summed E-state index contributed by atoms with van der Waals surface area (Å²) in [5.41, 5.74) is 3.66. The van der Waals surface area contributed by atoms with Crippen LogP contribution in [0.25, 0.3) is 0 Å². The van der Waals surface area contributed by atoms with Crippen molar-refractivity contribution in [2.45, 2.75) is 32.4 Å². The van der Waals surface area contributed by atoms with Crippen LogP contribution in [0, 0.1) is 0 Å². The van der Waals surface area contributed by atoms with E-state index in [2.05, 4.69) is 29.3 Å². The lowest BCUT2D eigenvalue weighted by Gasteiger charge is -2.30. The number of benzene rings is 1. The SMILES string of the molecule is CCN1CCc2c(cccc2NC(=O)N(C)[C@@H]2CCSC2)C1. The maximum atomic E-state index is 12.5. The van der Waals surface area contributed by atoms with Gasteiger partial charge in [-0.05, 0) is 42.3 Å². The highest BCUT2D eigenvalue weighted by molar-refractivity contribution is 7.99. The molecule has 1 N–H and O–H groups in total. The first-order valence-electron chi connectivity index (χ1n) is 8.13. The Morgan fingerprint density at radius 3 is 3.09 bits per heavy atom. The van der Waals surface area contributed by atoms with Gasteiger partial charge in [0.1, 0.15) is 0 Å². The molecule has 3 rings (SSSR count). The topological polar surface area (TPSA) is 35.6 Å². The predicted molar refractivity (Wildman–Crippen MR) is 93.6 cm³/mol. The van der Waals surface area contributed by atoms with Crippen LogP contribution >= 0.6 is 11.8 Å². The fraction of sp³-hybridized carbons (Fsp3) is 0.588. The Hall–Kier alpha value is -1.20. The monoisotopic (exact) mass is 319 g/mol. The molecule has 2 aliphatic rings. The van der Waals surface area contributed by atoms with Crippen LogP contribution in [0.1, 0.15) is 24.5 Å². The summed E-state index contributed by atoms with van der Waals surface area (Å²) in [5.74, 6) is 2.22. The van der Waals surface area contributed by atoms with Crippen LogP contribution in [0.3, 0.4) is 0 Å². The number of nitrogens with one attached hydrogen (secondary N) is 1. The Morgan fingerprint density at radius 2 is 2.36 bits per heavy atom. The minimum Gasteiger partial charge on any atom is -0.324 e.